The van der Waals surface area contributed by atoms with Crippen LogP contribution in [-0.4, -0.2) is 44.1 Å². The molecule has 2 N–H and O–H groups in total. The third kappa shape index (κ3) is 3.11. The van der Waals surface area contributed by atoms with Gasteiger partial charge in [-0.1, -0.05) is 31.5 Å². The molecule has 3 aromatic rings. The van der Waals surface area contributed by atoms with Gasteiger partial charge in [-0.3, -0.25) is 9.89 Å². The number of aromatic nitrogens is 4. The lowest BCUT2D eigenvalue weighted by molar-refractivity contribution is 0.0708. The number of nitrogens with one attached hydrogen (secondary N) is 2. The quantitative estimate of drug-likeness (QED) is 0.736. The lowest BCUT2D eigenvalue weighted by Gasteiger charge is -2.31. The second kappa shape index (κ2) is 7.32. The van der Waals surface area contributed by atoms with E-state index in [9.17, 15) is 4.79 Å². The molecule has 6 heteroatoms. The van der Waals surface area contributed by atoms with Gasteiger partial charge in [0.25, 0.3) is 5.91 Å². The molecule has 2 aromatic heterocycles. The average molecular weight is 351 g/mol. The van der Waals surface area contributed by atoms with Crippen molar-refractivity contribution in [3.05, 3.63) is 47.7 Å². The summed E-state index contributed by atoms with van der Waals surface area (Å²) in [6.07, 6.45) is 7.15. The van der Waals surface area contributed by atoms with Crippen LogP contribution in [0.3, 0.4) is 0 Å². The predicted molar refractivity (Wildman–Crippen MR) is 101 cm³/mol. The Bertz CT molecular complexity index is 888. The molecule has 1 aromatic carbocycles. The standard InChI is InChI=1S/C20H25N5O/c1-2-3-7-17-18(22-13-21-17)14-9-11-25(12-10-14)20(26)19-15-6-4-5-8-16(15)23-24-19/h4-6,8,13-14H,2-3,7,9-12H2,1H3,(H,21,22)(H,23,24). The van der Waals surface area contributed by atoms with Crippen LogP contribution in [0.15, 0.2) is 30.6 Å². The maximum atomic E-state index is 12.9. The van der Waals surface area contributed by atoms with Gasteiger partial charge in [0, 0.05) is 30.1 Å². The first-order chi connectivity index (χ1) is 12.8. The second-order valence-corrected chi connectivity index (χ2v) is 7.05. The summed E-state index contributed by atoms with van der Waals surface area (Å²) in [6, 6.07) is 7.78. The number of hydrogen-bond acceptors (Lipinski definition) is 3. The number of nitrogens with zero attached hydrogens (tertiary/aromatic N) is 3. The molecule has 0 bridgehead atoms. The minimum absolute atomic E-state index is 0.0223. The summed E-state index contributed by atoms with van der Waals surface area (Å²) in [6.45, 7) is 3.72. The summed E-state index contributed by atoms with van der Waals surface area (Å²) in [5.74, 6) is 0.460. The lowest BCUT2D eigenvalue weighted by atomic mass is 9.91. The lowest BCUT2D eigenvalue weighted by Crippen LogP contribution is -2.38. The number of carbonyl (C=O) groups excluding carboxylic acids is 1. The number of piperidine rings is 1. The Kier molecular flexibility index (Phi) is 4.73. The van der Waals surface area contributed by atoms with Gasteiger partial charge >= 0.3 is 0 Å². The molecule has 0 saturated carbocycles. The van der Waals surface area contributed by atoms with Crippen molar-refractivity contribution in [2.24, 2.45) is 0 Å². The van der Waals surface area contributed by atoms with Gasteiger partial charge in [0.2, 0.25) is 0 Å². The topological polar surface area (TPSA) is 77.7 Å². The fraction of sp³-hybridized carbons (Fsp3) is 0.450. The number of imidazole rings is 1. The molecule has 0 radical (unpaired) electrons. The highest BCUT2D eigenvalue weighted by Gasteiger charge is 2.28. The highest BCUT2D eigenvalue weighted by molar-refractivity contribution is 6.04. The summed E-state index contributed by atoms with van der Waals surface area (Å²) in [5, 5.41) is 8.11. The zero-order valence-electron chi connectivity index (χ0n) is 15.2. The number of fused-ring (bicyclic) bond motifs is 1. The molecule has 1 fully saturated rings. The Morgan fingerprint density at radius 2 is 2.08 bits per heavy atom. The number of rotatable bonds is 5. The number of carbonyl (C=O) groups is 1. The number of likely N-dealkylation sites (tertiary alicyclic amines) is 1. The Morgan fingerprint density at radius 3 is 2.88 bits per heavy atom. The van der Waals surface area contributed by atoms with Crippen LogP contribution in [0.5, 0.6) is 0 Å². The molecule has 4 rings (SSSR count). The first kappa shape index (κ1) is 16.8. The maximum Gasteiger partial charge on any atom is 0.274 e. The summed E-state index contributed by atoms with van der Waals surface area (Å²) < 4.78 is 0. The average Bonchev–Trinajstić information content (AvgIpc) is 3.33. The van der Waals surface area contributed by atoms with E-state index in [4.69, 9.17) is 0 Å². The van der Waals surface area contributed by atoms with Gasteiger partial charge in [0.05, 0.1) is 17.5 Å². The van der Waals surface area contributed by atoms with Gasteiger partial charge < -0.3 is 9.88 Å². The van der Waals surface area contributed by atoms with Gasteiger partial charge in [-0.25, -0.2) is 4.98 Å². The van der Waals surface area contributed by atoms with E-state index >= 15 is 0 Å². The van der Waals surface area contributed by atoms with E-state index < -0.39 is 0 Å². The highest BCUT2D eigenvalue weighted by Crippen LogP contribution is 2.30. The van der Waals surface area contributed by atoms with E-state index in [0.29, 0.717) is 11.6 Å². The summed E-state index contributed by atoms with van der Waals surface area (Å²) in [5.41, 5.74) is 3.91. The van der Waals surface area contributed by atoms with Crippen molar-refractivity contribution >= 4 is 16.8 Å². The fourth-order valence-electron chi connectivity index (χ4n) is 3.87. The van der Waals surface area contributed by atoms with Crippen molar-refractivity contribution in [2.75, 3.05) is 13.1 Å². The first-order valence-electron chi connectivity index (χ1n) is 9.52. The molecule has 26 heavy (non-hydrogen) atoms. The molecular formula is C20H25N5O. The second-order valence-electron chi connectivity index (χ2n) is 7.05. The van der Waals surface area contributed by atoms with E-state index in [-0.39, 0.29) is 5.91 Å². The number of para-hydroxylation sites is 1. The van der Waals surface area contributed by atoms with Gasteiger partial charge in [-0.15, -0.1) is 0 Å². The third-order valence-electron chi connectivity index (χ3n) is 5.37. The van der Waals surface area contributed by atoms with Crippen LogP contribution in [0.25, 0.3) is 10.9 Å². The number of unbranched alkanes of at least 4 members (excludes halogenated alkanes) is 1. The number of H-pyrrole nitrogens is 2. The summed E-state index contributed by atoms with van der Waals surface area (Å²) in [4.78, 5) is 22.7. The molecule has 1 amide bonds. The minimum atomic E-state index is 0.0223. The largest absolute Gasteiger partial charge is 0.348 e. The van der Waals surface area contributed by atoms with Crippen LogP contribution in [0.1, 0.15) is 60.4 Å². The fourth-order valence-corrected chi connectivity index (χ4v) is 3.87. The normalized spacial score (nSPS) is 15.7. The third-order valence-corrected chi connectivity index (χ3v) is 5.37. The predicted octanol–water partition coefficient (Wildman–Crippen LogP) is 3.65. The van der Waals surface area contributed by atoms with Crippen molar-refractivity contribution in [3.8, 4) is 0 Å². The molecule has 3 heterocycles. The van der Waals surface area contributed by atoms with Crippen molar-refractivity contribution in [1.29, 1.82) is 0 Å². The molecule has 0 unspecified atom stereocenters. The minimum Gasteiger partial charge on any atom is -0.348 e. The Labute approximate surface area is 153 Å². The van der Waals surface area contributed by atoms with Crippen LogP contribution >= 0.6 is 0 Å². The SMILES string of the molecule is CCCCc1[nH]cnc1C1CCN(C(=O)c2n[nH]c3ccccc23)CC1. The van der Waals surface area contributed by atoms with Gasteiger partial charge in [-0.2, -0.15) is 5.10 Å². The molecule has 6 nitrogen and oxygen atoms in total. The number of benzene rings is 1. The van der Waals surface area contributed by atoms with Gasteiger partial charge in [0.1, 0.15) is 0 Å². The zero-order valence-corrected chi connectivity index (χ0v) is 15.2. The van der Waals surface area contributed by atoms with Crippen LogP contribution in [0.2, 0.25) is 0 Å². The van der Waals surface area contributed by atoms with Crippen LogP contribution in [0.4, 0.5) is 0 Å². The van der Waals surface area contributed by atoms with E-state index in [1.807, 2.05) is 35.5 Å². The first-order valence-corrected chi connectivity index (χ1v) is 9.52. The highest BCUT2D eigenvalue weighted by atomic mass is 16.2. The van der Waals surface area contributed by atoms with Crippen molar-refractivity contribution in [3.63, 3.8) is 0 Å². The van der Waals surface area contributed by atoms with Crippen LogP contribution in [0, 0.1) is 0 Å². The molecule has 1 aliphatic rings. The van der Waals surface area contributed by atoms with Crippen molar-refractivity contribution < 1.29 is 4.79 Å². The molecule has 1 saturated heterocycles. The Morgan fingerprint density at radius 1 is 1.27 bits per heavy atom. The molecule has 1 aliphatic heterocycles. The molecule has 136 valence electrons. The van der Waals surface area contributed by atoms with E-state index in [1.165, 1.54) is 24.2 Å². The number of aryl methyl sites for hydroxylation is 1. The van der Waals surface area contributed by atoms with Gasteiger partial charge in [0.15, 0.2) is 5.69 Å². The van der Waals surface area contributed by atoms with Gasteiger partial charge in [-0.05, 0) is 31.7 Å². The Balaban J connectivity index is 1.44. The molecule has 0 aliphatic carbocycles. The molecule has 0 atom stereocenters. The number of aromatic amines is 2. The van der Waals surface area contributed by atoms with E-state index in [0.717, 1.165) is 43.3 Å². The maximum absolute atomic E-state index is 12.9. The van der Waals surface area contributed by atoms with Crippen molar-refractivity contribution in [2.45, 2.75) is 44.9 Å². The van der Waals surface area contributed by atoms with E-state index in [1.54, 1.807) is 0 Å². The summed E-state index contributed by atoms with van der Waals surface area (Å²) in [7, 11) is 0. The van der Waals surface area contributed by atoms with Crippen LogP contribution in [-0.2, 0) is 6.42 Å². The van der Waals surface area contributed by atoms with E-state index in [2.05, 4.69) is 27.1 Å². The molecular weight excluding hydrogens is 326 g/mol. The monoisotopic (exact) mass is 351 g/mol. The summed E-state index contributed by atoms with van der Waals surface area (Å²) >= 11 is 0. The zero-order chi connectivity index (χ0) is 17.9. The molecule has 0 spiro atoms. The smallest absolute Gasteiger partial charge is 0.274 e. The number of amides is 1. The number of hydrogen-bond donors (Lipinski definition) is 2. The Hall–Kier alpha value is -2.63. The van der Waals surface area contributed by atoms with Crippen molar-refractivity contribution in [1.82, 2.24) is 25.1 Å². The van der Waals surface area contributed by atoms with Crippen LogP contribution < -0.4 is 0 Å².